The maximum atomic E-state index is 12.4. The molecular weight excluding hydrogens is 346 g/mol. The summed E-state index contributed by atoms with van der Waals surface area (Å²) in [6, 6.07) is 7.35. The molecule has 2 N–H and O–H groups in total. The van der Waals surface area contributed by atoms with Gasteiger partial charge in [0.15, 0.2) is 0 Å². The van der Waals surface area contributed by atoms with Crippen LogP contribution in [0.1, 0.15) is 48.5 Å². The third-order valence-electron chi connectivity index (χ3n) is 4.99. The van der Waals surface area contributed by atoms with Crippen LogP contribution in [0, 0.1) is 5.92 Å². The van der Waals surface area contributed by atoms with Crippen LogP contribution in [0.5, 0.6) is 0 Å². The highest BCUT2D eigenvalue weighted by atomic mass is 16.6. The van der Waals surface area contributed by atoms with Crippen LogP contribution in [0.15, 0.2) is 24.3 Å². The number of hydrogen-bond acceptors (Lipinski definition) is 4. The third kappa shape index (κ3) is 5.45. The Balaban J connectivity index is 1.43. The number of rotatable bonds is 6. The van der Waals surface area contributed by atoms with Gasteiger partial charge >= 0.3 is 6.09 Å². The molecule has 7 nitrogen and oxygen atoms in total. The van der Waals surface area contributed by atoms with Crippen molar-refractivity contribution in [3.05, 3.63) is 35.4 Å². The van der Waals surface area contributed by atoms with E-state index >= 15 is 0 Å². The first-order valence-corrected chi connectivity index (χ1v) is 9.66. The number of carbonyl (C=O) groups is 3. The molecule has 0 radical (unpaired) electrons. The van der Waals surface area contributed by atoms with E-state index in [-0.39, 0.29) is 29.9 Å². The molecule has 2 aliphatic rings. The smallest absolute Gasteiger partial charge is 0.409 e. The molecule has 0 bridgehead atoms. The molecule has 1 heterocycles. The molecule has 27 heavy (non-hydrogen) atoms. The third-order valence-corrected chi connectivity index (χ3v) is 4.99. The van der Waals surface area contributed by atoms with Gasteiger partial charge in [0.05, 0.1) is 6.61 Å². The maximum absolute atomic E-state index is 12.4. The second-order valence-corrected chi connectivity index (χ2v) is 7.12. The Morgan fingerprint density at radius 2 is 1.74 bits per heavy atom. The summed E-state index contributed by atoms with van der Waals surface area (Å²) in [5.41, 5.74) is 1.57. The van der Waals surface area contributed by atoms with Crippen LogP contribution >= 0.6 is 0 Å². The molecule has 1 aliphatic heterocycles. The predicted molar refractivity (Wildman–Crippen MR) is 100 cm³/mol. The van der Waals surface area contributed by atoms with E-state index in [1.165, 1.54) is 0 Å². The van der Waals surface area contributed by atoms with Gasteiger partial charge in [0, 0.05) is 37.2 Å². The van der Waals surface area contributed by atoms with Gasteiger partial charge in [-0.3, -0.25) is 9.59 Å². The molecule has 0 unspecified atom stereocenters. The number of piperidine rings is 1. The average molecular weight is 373 g/mol. The van der Waals surface area contributed by atoms with E-state index in [4.69, 9.17) is 4.74 Å². The van der Waals surface area contributed by atoms with Crippen LogP contribution in [0.3, 0.4) is 0 Å². The molecule has 1 aromatic carbocycles. The first-order valence-electron chi connectivity index (χ1n) is 9.66. The maximum Gasteiger partial charge on any atom is 0.409 e. The van der Waals surface area contributed by atoms with Crippen LogP contribution in [-0.4, -0.2) is 48.5 Å². The average Bonchev–Trinajstić information content (AvgIpc) is 3.52. The summed E-state index contributed by atoms with van der Waals surface area (Å²) in [5.74, 6) is 0.203. The van der Waals surface area contributed by atoms with Gasteiger partial charge < -0.3 is 20.3 Å². The fraction of sp³-hybridized carbons (Fsp3) is 0.550. The molecule has 7 heteroatoms. The van der Waals surface area contributed by atoms with Gasteiger partial charge in [0.25, 0.3) is 5.91 Å². The monoisotopic (exact) mass is 373 g/mol. The lowest BCUT2D eigenvalue weighted by molar-refractivity contribution is -0.122. The zero-order valence-electron chi connectivity index (χ0n) is 15.7. The van der Waals surface area contributed by atoms with Crippen molar-refractivity contribution in [3.63, 3.8) is 0 Å². The van der Waals surface area contributed by atoms with Crippen molar-refractivity contribution in [1.29, 1.82) is 0 Å². The van der Waals surface area contributed by atoms with Crippen molar-refractivity contribution >= 4 is 17.9 Å². The van der Waals surface area contributed by atoms with Crippen molar-refractivity contribution in [2.75, 3.05) is 19.7 Å². The highest BCUT2D eigenvalue weighted by Crippen LogP contribution is 2.28. The minimum atomic E-state index is -0.286. The van der Waals surface area contributed by atoms with Crippen molar-refractivity contribution < 1.29 is 19.1 Å². The van der Waals surface area contributed by atoms with E-state index in [0.717, 1.165) is 31.2 Å². The highest BCUT2D eigenvalue weighted by Gasteiger charge is 2.29. The van der Waals surface area contributed by atoms with Crippen molar-refractivity contribution in [2.45, 2.75) is 45.2 Å². The fourth-order valence-corrected chi connectivity index (χ4v) is 3.14. The molecule has 1 saturated heterocycles. The number of carbonyl (C=O) groups excluding carboxylic acids is 3. The summed E-state index contributed by atoms with van der Waals surface area (Å²) >= 11 is 0. The Morgan fingerprint density at radius 3 is 2.33 bits per heavy atom. The number of ether oxygens (including phenoxy) is 1. The largest absolute Gasteiger partial charge is 0.450 e. The quantitative estimate of drug-likeness (QED) is 0.799. The predicted octanol–water partition coefficient (Wildman–Crippen LogP) is 2.06. The standard InChI is InChI=1S/C20H27N3O4/c1-2-27-20(26)23-11-9-17(10-12-23)22-19(25)16-5-3-14(4-6-16)13-21-18(24)15-7-8-15/h3-6,15,17H,2,7-13H2,1H3,(H,21,24)(H,22,25). The molecule has 3 rings (SSSR count). The van der Waals surface area contributed by atoms with E-state index in [1.807, 2.05) is 12.1 Å². The van der Waals surface area contributed by atoms with E-state index < -0.39 is 0 Å². The van der Waals surface area contributed by atoms with E-state index in [0.29, 0.717) is 31.8 Å². The summed E-state index contributed by atoms with van der Waals surface area (Å²) < 4.78 is 5.00. The Kier molecular flexibility index (Phi) is 6.32. The van der Waals surface area contributed by atoms with E-state index in [9.17, 15) is 14.4 Å². The van der Waals surface area contributed by atoms with Crippen molar-refractivity contribution in [2.24, 2.45) is 5.92 Å². The SMILES string of the molecule is CCOC(=O)N1CCC(NC(=O)c2ccc(CNC(=O)C3CC3)cc2)CC1. The summed E-state index contributed by atoms with van der Waals surface area (Å²) in [5, 5.41) is 5.95. The van der Waals surface area contributed by atoms with Crippen LogP contribution in [-0.2, 0) is 16.1 Å². The van der Waals surface area contributed by atoms with Crippen molar-refractivity contribution in [3.8, 4) is 0 Å². The summed E-state index contributed by atoms with van der Waals surface area (Å²) in [4.78, 5) is 37.5. The number of nitrogens with one attached hydrogen (secondary N) is 2. The Morgan fingerprint density at radius 1 is 1.07 bits per heavy atom. The Bertz CT molecular complexity index is 677. The Hall–Kier alpha value is -2.57. The highest BCUT2D eigenvalue weighted by molar-refractivity contribution is 5.94. The number of benzene rings is 1. The zero-order valence-corrected chi connectivity index (χ0v) is 15.7. The van der Waals surface area contributed by atoms with Crippen LogP contribution in [0.4, 0.5) is 4.79 Å². The topological polar surface area (TPSA) is 87.7 Å². The minimum absolute atomic E-state index is 0.0562. The normalized spacial score (nSPS) is 17.3. The summed E-state index contributed by atoms with van der Waals surface area (Å²) in [6.45, 7) is 3.82. The van der Waals surface area contributed by atoms with Gasteiger partial charge in [-0.2, -0.15) is 0 Å². The second kappa shape index (κ2) is 8.88. The minimum Gasteiger partial charge on any atom is -0.450 e. The first kappa shape index (κ1) is 19.2. The lowest BCUT2D eigenvalue weighted by Crippen LogP contribution is -2.46. The van der Waals surface area contributed by atoms with Gasteiger partial charge in [0.1, 0.15) is 0 Å². The molecule has 146 valence electrons. The second-order valence-electron chi connectivity index (χ2n) is 7.12. The molecule has 2 fully saturated rings. The van der Waals surface area contributed by atoms with Crippen molar-refractivity contribution in [1.82, 2.24) is 15.5 Å². The molecular formula is C20H27N3O4. The molecule has 1 aromatic rings. The van der Waals surface area contributed by atoms with Crippen LogP contribution in [0.2, 0.25) is 0 Å². The molecule has 1 saturated carbocycles. The molecule has 3 amide bonds. The number of nitrogens with zero attached hydrogens (tertiary/aromatic N) is 1. The number of hydrogen-bond donors (Lipinski definition) is 2. The van der Waals surface area contributed by atoms with Gasteiger partial charge in [-0.1, -0.05) is 12.1 Å². The lowest BCUT2D eigenvalue weighted by atomic mass is 10.0. The number of likely N-dealkylation sites (tertiary alicyclic amines) is 1. The van der Waals surface area contributed by atoms with Gasteiger partial charge in [0.2, 0.25) is 5.91 Å². The van der Waals surface area contributed by atoms with Gasteiger partial charge in [-0.15, -0.1) is 0 Å². The first-order chi connectivity index (χ1) is 13.1. The molecule has 1 aliphatic carbocycles. The van der Waals surface area contributed by atoms with E-state index in [2.05, 4.69) is 10.6 Å². The fourth-order valence-electron chi connectivity index (χ4n) is 3.14. The number of amides is 3. The summed E-state index contributed by atoms with van der Waals surface area (Å²) in [6.07, 6.45) is 3.13. The van der Waals surface area contributed by atoms with Gasteiger partial charge in [-0.05, 0) is 50.3 Å². The van der Waals surface area contributed by atoms with E-state index in [1.54, 1.807) is 24.0 Å². The van der Waals surface area contributed by atoms with Gasteiger partial charge in [-0.25, -0.2) is 4.79 Å². The molecule has 0 atom stereocenters. The molecule has 0 spiro atoms. The Labute approximate surface area is 159 Å². The zero-order chi connectivity index (χ0) is 19.2. The van der Waals surface area contributed by atoms with Crippen LogP contribution < -0.4 is 10.6 Å². The molecule has 0 aromatic heterocycles. The summed E-state index contributed by atoms with van der Waals surface area (Å²) in [7, 11) is 0. The van der Waals surface area contributed by atoms with Crippen LogP contribution in [0.25, 0.3) is 0 Å². The lowest BCUT2D eigenvalue weighted by Gasteiger charge is -2.31.